The molecule has 24 heavy (non-hydrogen) atoms. The van der Waals surface area contributed by atoms with Crippen molar-refractivity contribution in [3.63, 3.8) is 0 Å². The first-order valence-electron chi connectivity index (χ1n) is 8.39. The van der Waals surface area contributed by atoms with Crippen LogP contribution in [0.4, 0.5) is 0 Å². The number of rotatable bonds is 6. The Hall–Kier alpha value is -2.33. The lowest BCUT2D eigenvalue weighted by Gasteiger charge is -2.17. The fraction of sp³-hybridized carbons (Fsp3) is 0.350. The Labute approximate surface area is 142 Å². The molecular weight excluding hydrogens is 302 g/mol. The van der Waals surface area contributed by atoms with Crippen molar-refractivity contribution in [1.82, 2.24) is 4.90 Å². The fourth-order valence-corrected chi connectivity index (χ4v) is 3.05. The van der Waals surface area contributed by atoms with Crippen LogP contribution in [0, 0.1) is 5.92 Å². The van der Waals surface area contributed by atoms with Gasteiger partial charge in [-0.3, -0.25) is 4.79 Å². The van der Waals surface area contributed by atoms with Crippen LogP contribution in [0.2, 0.25) is 0 Å². The van der Waals surface area contributed by atoms with Gasteiger partial charge in [0.1, 0.15) is 5.75 Å². The van der Waals surface area contributed by atoms with E-state index in [1.165, 1.54) is 5.56 Å². The minimum atomic E-state index is -0.0135. The summed E-state index contributed by atoms with van der Waals surface area (Å²) < 4.78 is 5.80. The van der Waals surface area contributed by atoms with Crippen LogP contribution in [-0.4, -0.2) is 42.2 Å². The predicted molar refractivity (Wildman–Crippen MR) is 93.0 cm³/mol. The summed E-state index contributed by atoms with van der Waals surface area (Å²) in [6, 6.07) is 18.1. The van der Waals surface area contributed by atoms with Crippen LogP contribution >= 0.6 is 0 Å². The molecule has 2 aromatic rings. The number of para-hydroxylation sites is 1. The summed E-state index contributed by atoms with van der Waals surface area (Å²) in [5, 5.41) is 9.18. The second kappa shape index (κ2) is 7.97. The zero-order valence-corrected chi connectivity index (χ0v) is 13.7. The van der Waals surface area contributed by atoms with E-state index in [0.717, 1.165) is 24.2 Å². The maximum absolute atomic E-state index is 12.3. The van der Waals surface area contributed by atoms with Gasteiger partial charge in [0.25, 0.3) is 5.91 Å². The van der Waals surface area contributed by atoms with Gasteiger partial charge in [-0.1, -0.05) is 48.5 Å². The molecule has 2 aromatic carbocycles. The van der Waals surface area contributed by atoms with Crippen molar-refractivity contribution in [2.45, 2.75) is 12.8 Å². The van der Waals surface area contributed by atoms with Gasteiger partial charge in [-0.05, 0) is 23.6 Å². The van der Waals surface area contributed by atoms with Crippen molar-refractivity contribution in [3.8, 4) is 5.75 Å². The number of aliphatic hydroxyl groups is 1. The molecule has 0 aliphatic carbocycles. The molecule has 0 saturated carbocycles. The minimum Gasteiger partial charge on any atom is -0.483 e. The lowest BCUT2D eigenvalue weighted by atomic mass is 10.0. The van der Waals surface area contributed by atoms with Crippen molar-refractivity contribution in [2.24, 2.45) is 5.92 Å². The van der Waals surface area contributed by atoms with E-state index >= 15 is 0 Å². The molecule has 1 unspecified atom stereocenters. The summed E-state index contributed by atoms with van der Waals surface area (Å²) in [6.45, 7) is 1.53. The van der Waals surface area contributed by atoms with E-state index in [0.29, 0.717) is 13.1 Å². The number of likely N-dealkylation sites (tertiary alicyclic amines) is 1. The number of ether oxygens (including phenoxy) is 1. The van der Waals surface area contributed by atoms with Gasteiger partial charge in [-0.25, -0.2) is 0 Å². The SMILES string of the molecule is O=C(COc1ccccc1Cc1ccccc1)N1CCC(CO)C1. The molecule has 0 bridgehead atoms. The molecule has 3 rings (SSSR count). The van der Waals surface area contributed by atoms with Crippen molar-refractivity contribution in [1.29, 1.82) is 0 Å². The first kappa shape index (κ1) is 16.5. The lowest BCUT2D eigenvalue weighted by molar-refractivity contribution is -0.132. The van der Waals surface area contributed by atoms with Gasteiger partial charge in [-0.15, -0.1) is 0 Å². The van der Waals surface area contributed by atoms with E-state index in [-0.39, 0.29) is 25.0 Å². The molecule has 1 N–H and O–H groups in total. The molecule has 0 radical (unpaired) electrons. The van der Waals surface area contributed by atoms with Gasteiger partial charge in [0.15, 0.2) is 6.61 Å². The van der Waals surface area contributed by atoms with E-state index in [1.54, 1.807) is 4.90 Å². The molecule has 1 aliphatic heterocycles. The van der Waals surface area contributed by atoms with E-state index in [2.05, 4.69) is 12.1 Å². The number of nitrogens with zero attached hydrogens (tertiary/aromatic N) is 1. The number of carbonyl (C=O) groups excluding carboxylic acids is 1. The van der Waals surface area contributed by atoms with Crippen LogP contribution in [0.25, 0.3) is 0 Å². The normalized spacial score (nSPS) is 17.0. The third kappa shape index (κ3) is 4.15. The van der Waals surface area contributed by atoms with E-state index < -0.39 is 0 Å². The summed E-state index contributed by atoms with van der Waals surface area (Å²) in [6.07, 6.45) is 1.65. The van der Waals surface area contributed by atoms with Crippen molar-refractivity contribution in [2.75, 3.05) is 26.3 Å². The van der Waals surface area contributed by atoms with E-state index in [9.17, 15) is 9.90 Å². The largest absolute Gasteiger partial charge is 0.483 e. The van der Waals surface area contributed by atoms with Crippen molar-refractivity contribution < 1.29 is 14.6 Å². The Morgan fingerprint density at radius 3 is 2.62 bits per heavy atom. The molecule has 0 spiro atoms. The number of hydrogen-bond donors (Lipinski definition) is 1. The Bertz CT molecular complexity index is 672. The molecule has 1 amide bonds. The van der Waals surface area contributed by atoms with Gasteiger partial charge < -0.3 is 14.7 Å². The Morgan fingerprint density at radius 2 is 1.88 bits per heavy atom. The van der Waals surface area contributed by atoms with Gasteiger partial charge in [0, 0.05) is 32.0 Å². The highest BCUT2D eigenvalue weighted by atomic mass is 16.5. The summed E-state index contributed by atoms with van der Waals surface area (Å²) in [5.41, 5.74) is 2.29. The van der Waals surface area contributed by atoms with Crippen LogP contribution in [0.15, 0.2) is 54.6 Å². The molecule has 1 saturated heterocycles. The quantitative estimate of drug-likeness (QED) is 0.888. The van der Waals surface area contributed by atoms with Gasteiger partial charge >= 0.3 is 0 Å². The second-order valence-corrected chi connectivity index (χ2v) is 6.24. The molecule has 1 heterocycles. The number of aliphatic hydroxyl groups excluding tert-OH is 1. The van der Waals surface area contributed by atoms with Gasteiger partial charge in [0.2, 0.25) is 0 Å². The average Bonchev–Trinajstić information content (AvgIpc) is 3.11. The summed E-state index contributed by atoms with van der Waals surface area (Å²) in [5.74, 6) is 0.951. The lowest BCUT2D eigenvalue weighted by Crippen LogP contribution is -2.33. The van der Waals surface area contributed by atoms with Gasteiger partial charge in [0.05, 0.1) is 0 Å². The number of benzene rings is 2. The van der Waals surface area contributed by atoms with Crippen LogP contribution in [0.3, 0.4) is 0 Å². The van der Waals surface area contributed by atoms with Crippen LogP contribution in [0.5, 0.6) is 5.75 Å². The smallest absolute Gasteiger partial charge is 0.260 e. The summed E-state index contributed by atoms with van der Waals surface area (Å²) in [7, 11) is 0. The Kier molecular flexibility index (Phi) is 5.49. The first-order chi connectivity index (χ1) is 11.8. The van der Waals surface area contributed by atoms with Crippen LogP contribution in [-0.2, 0) is 11.2 Å². The van der Waals surface area contributed by atoms with Gasteiger partial charge in [-0.2, -0.15) is 0 Å². The zero-order valence-electron chi connectivity index (χ0n) is 13.7. The molecule has 0 aromatic heterocycles. The standard InChI is InChI=1S/C20H23NO3/c22-14-17-10-11-21(13-17)20(23)15-24-19-9-5-4-8-18(19)12-16-6-2-1-3-7-16/h1-9,17,22H,10-15H2. The number of hydrogen-bond acceptors (Lipinski definition) is 3. The van der Waals surface area contributed by atoms with E-state index in [1.807, 2.05) is 42.5 Å². The first-order valence-corrected chi connectivity index (χ1v) is 8.39. The highest BCUT2D eigenvalue weighted by molar-refractivity contribution is 5.78. The second-order valence-electron chi connectivity index (χ2n) is 6.24. The number of amides is 1. The molecule has 126 valence electrons. The molecule has 1 fully saturated rings. The minimum absolute atomic E-state index is 0.0135. The van der Waals surface area contributed by atoms with Crippen molar-refractivity contribution >= 4 is 5.91 Å². The highest BCUT2D eigenvalue weighted by Crippen LogP contribution is 2.22. The number of carbonyl (C=O) groups is 1. The van der Waals surface area contributed by atoms with Crippen LogP contribution in [0.1, 0.15) is 17.5 Å². The monoisotopic (exact) mass is 325 g/mol. The topological polar surface area (TPSA) is 49.8 Å². The Morgan fingerprint density at radius 1 is 1.12 bits per heavy atom. The maximum Gasteiger partial charge on any atom is 0.260 e. The molecule has 4 heteroatoms. The van der Waals surface area contributed by atoms with E-state index in [4.69, 9.17) is 4.74 Å². The van der Waals surface area contributed by atoms with Crippen LogP contribution < -0.4 is 4.74 Å². The summed E-state index contributed by atoms with van der Waals surface area (Å²) >= 11 is 0. The summed E-state index contributed by atoms with van der Waals surface area (Å²) in [4.78, 5) is 14.0. The maximum atomic E-state index is 12.3. The highest BCUT2D eigenvalue weighted by Gasteiger charge is 2.25. The average molecular weight is 325 g/mol. The molecule has 4 nitrogen and oxygen atoms in total. The zero-order chi connectivity index (χ0) is 16.8. The molecule has 1 atom stereocenters. The van der Waals surface area contributed by atoms with Crippen molar-refractivity contribution in [3.05, 3.63) is 65.7 Å². The fourth-order valence-electron chi connectivity index (χ4n) is 3.05. The third-order valence-corrected chi connectivity index (χ3v) is 4.46. The molecular formula is C20H23NO3. The third-order valence-electron chi connectivity index (χ3n) is 4.46. The Balaban J connectivity index is 1.60. The molecule has 1 aliphatic rings. The predicted octanol–water partition coefficient (Wildman–Crippen LogP) is 2.50.